The molecule has 1 heterocycles. The summed E-state index contributed by atoms with van der Waals surface area (Å²) in [6.07, 6.45) is 1.29. The molecule has 0 spiro atoms. The largest absolute Gasteiger partial charge is 0.367 e. The lowest BCUT2D eigenvalue weighted by Crippen LogP contribution is -2.50. The fourth-order valence-corrected chi connectivity index (χ4v) is 2.62. The third-order valence-electron chi connectivity index (χ3n) is 3.62. The van der Waals surface area contributed by atoms with Crippen molar-refractivity contribution in [2.75, 3.05) is 24.5 Å². The lowest BCUT2D eigenvalue weighted by molar-refractivity contribution is 0.332. The standard InChI is InChI=1S/C14H22N2/c1-3-16(13-7-5-4-6-8-13)14-11-15-10-9-12(14)2/h4-8,12,14-15H,3,9-11H2,1-2H3. The van der Waals surface area contributed by atoms with Crippen LogP contribution in [0.1, 0.15) is 20.3 Å². The summed E-state index contributed by atoms with van der Waals surface area (Å²) in [5, 5.41) is 3.51. The minimum absolute atomic E-state index is 0.640. The van der Waals surface area contributed by atoms with Gasteiger partial charge in [0, 0.05) is 24.8 Å². The van der Waals surface area contributed by atoms with E-state index < -0.39 is 0 Å². The van der Waals surface area contributed by atoms with Crippen molar-refractivity contribution in [2.45, 2.75) is 26.3 Å². The van der Waals surface area contributed by atoms with E-state index in [9.17, 15) is 0 Å². The Morgan fingerprint density at radius 1 is 1.31 bits per heavy atom. The van der Waals surface area contributed by atoms with Gasteiger partial charge in [-0.25, -0.2) is 0 Å². The third-order valence-corrected chi connectivity index (χ3v) is 3.62. The molecule has 0 bridgehead atoms. The molecule has 1 saturated heterocycles. The molecule has 2 nitrogen and oxygen atoms in total. The molecule has 2 rings (SSSR count). The van der Waals surface area contributed by atoms with E-state index in [1.165, 1.54) is 18.7 Å². The predicted octanol–water partition coefficient (Wildman–Crippen LogP) is 2.51. The van der Waals surface area contributed by atoms with Crippen molar-refractivity contribution < 1.29 is 0 Å². The molecule has 0 saturated carbocycles. The van der Waals surface area contributed by atoms with E-state index in [1.54, 1.807) is 0 Å². The molecule has 1 aliphatic heterocycles. The second-order valence-electron chi connectivity index (χ2n) is 4.66. The first-order valence-corrected chi connectivity index (χ1v) is 6.35. The third kappa shape index (κ3) is 2.38. The van der Waals surface area contributed by atoms with Crippen molar-refractivity contribution in [3.8, 4) is 0 Å². The van der Waals surface area contributed by atoms with Crippen molar-refractivity contribution in [1.29, 1.82) is 0 Å². The van der Waals surface area contributed by atoms with Crippen LogP contribution in [0, 0.1) is 5.92 Å². The van der Waals surface area contributed by atoms with Crippen LogP contribution in [0.25, 0.3) is 0 Å². The molecule has 16 heavy (non-hydrogen) atoms. The molecule has 0 radical (unpaired) electrons. The van der Waals surface area contributed by atoms with E-state index in [4.69, 9.17) is 0 Å². The van der Waals surface area contributed by atoms with Crippen LogP contribution in [-0.2, 0) is 0 Å². The number of benzene rings is 1. The summed E-state index contributed by atoms with van der Waals surface area (Å²) < 4.78 is 0. The molecule has 2 heteroatoms. The molecule has 2 unspecified atom stereocenters. The normalized spacial score (nSPS) is 25.4. The molecular weight excluding hydrogens is 196 g/mol. The topological polar surface area (TPSA) is 15.3 Å². The Kier molecular flexibility index (Phi) is 3.83. The molecule has 0 aliphatic carbocycles. The molecule has 1 aromatic carbocycles. The summed E-state index contributed by atoms with van der Waals surface area (Å²) in [6, 6.07) is 11.4. The zero-order chi connectivity index (χ0) is 11.4. The van der Waals surface area contributed by atoms with Crippen molar-refractivity contribution in [2.24, 2.45) is 5.92 Å². The maximum atomic E-state index is 3.51. The Balaban J connectivity index is 2.15. The highest BCUT2D eigenvalue weighted by atomic mass is 15.2. The van der Waals surface area contributed by atoms with Gasteiger partial charge in [-0.3, -0.25) is 0 Å². The Hall–Kier alpha value is -1.02. The zero-order valence-corrected chi connectivity index (χ0v) is 10.3. The number of likely N-dealkylation sites (N-methyl/N-ethyl adjacent to an activating group) is 1. The first-order valence-electron chi connectivity index (χ1n) is 6.35. The van der Waals surface area contributed by atoms with E-state index in [2.05, 4.69) is 54.4 Å². The van der Waals surface area contributed by atoms with Crippen molar-refractivity contribution in [3.63, 3.8) is 0 Å². The summed E-state index contributed by atoms with van der Waals surface area (Å²) >= 11 is 0. The van der Waals surface area contributed by atoms with E-state index in [1.807, 2.05) is 0 Å². The van der Waals surface area contributed by atoms with Crippen LogP contribution in [0.3, 0.4) is 0 Å². The summed E-state index contributed by atoms with van der Waals surface area (Å²) in [5.74, 6) is 0.779. The molecule has 1 aromatic rings. The Labute approximate surface area is 98.7 Å². The summed E-state index contributed by atoms with van der Waals surface area (Å²) in [5.41, 5.74) is 1.35. The number of hydrogen-bond donors (Lipinski definition) is 1. The highest BCUT2D eigenvalue weighted by Crippen LogP contribution is 2.23. The highest BCUT2D eigenvalue weighted by molar-refractivity contribution is 5.47. The lowest BCUT2D eigenvalue weighted by atomic mass is 9.93. The first kappa shape index (κ1) is 11.5. The van der Waals surface area contributed by atoms with Gasteiger partial charge in [-0.1, -0.05) is 25.1 Å². The van der Waals surface area contributed by atoms with Crippen molar-refractivity contribution in [1.82, 2.24) is 5.32 Å². The summed E-state index contributed by atoms with van der Waals surface area (Å²) in [4.78, 5) is 2.52. The van der Waals surface area contributed by atoms with Crippen molar-refractivity contribution in [3.05, 3.63) is 30.3 Å². The lowest BCUT2D eigenvalue weighted by Gasteiger charge is -2.40. The van der Waals surface area contributed by atoms with Crippen LogP contribution in [0.2, 0.25) is 0 Å². The SMILES string of the molecule is CCN(c1ccccc1)C1CNCCC1C. The quantitative estimate of drug-likeness (QED) is 0.838. The van der Waals surface area contributed by atoms with Crippen molar-refractivity contribution >= 4 is 5.69 Å². The van der Waals surface area contributed by atoms with Gasteiger partial charge in [0.1, 0.15) is 0 Å². The van der Waals surface area contributed by atoms with Crippen LogP contribution < -0.4 is 10.2 Å². The van der Waals surface area contributed by atoms with Gasteiger partial charge in [0.05, 0.1) is 0 Å². The molecule has 88 valence electrons. The van der Waals surface area contributed by atoms with E-state index in [-0.39, 0.29) is 0 Å². The number of nitrogens with zero attached hydrogens (tertiary/aromatic N) is 1. The zero-order valence-electron chi connectivity index (χ0n) is 10.3. The fourth-order valence-electron chi connectivity index (χ4n) is 2.62. The van der Waals surface area contributed by atoms with Gasteiger partial charge in [0.2, 0.25) is 0 Å². The minimum atomic E-state index is 0.640. The first-order chi connectivity index (χ1) is 7.83. The number of para-hydroxylation sites is 1. The monoisotopic (exact) mass is 218 g/mol. The van der Waals surface area contributed by atoms with Gasteiger partial charge in [-0.15, -0.1) is 0 Å². The smallest absolute Gasteiger partial charge is 0.0440 e. The summed E-state index contributed by atoms with van der Waals surface area (Å²) in [6.45, 7) is 7.99. The molecule has 1 N–H and O–H groups in total. The Morgan fingerprint density at radius 2 is 2.06 bits per heavy atom. The van der Waals surface area contributed by atoms with E-state index >= 15 is 0 Å². The Bertz CT molecular complexity index is 310. The van der Waals surface area contributed by atoms with Gasteiger partial charge < -0.3 is 10.2 Å². The summed E-state index contributed by atoms with van der Waals surface area (Å²) in [7, 11) is 0. The molecule has 1 aliphatic rings. The van der Waals surface area contributed by atoms with Crippen LogP contribution in [0.5, 0.6) is 0 Å². The second kappa shape index (κ2) is 5.35. The molecule has 0 amide bonds. The number of nitrogens with one attached hydrogen (secondary N) is 1. The number of anilines is 1. The highest BCUT2D eigenvalue weighted by Gasteiger charge is 2.26. The molecule has 2 atom stereocenters. The Morgan fingerprint density at radius 3 is 2.69 bits per heavy atom. The molecular formula is C14H22N2. The number of hydrogen-bond acceptors (Lipinski definition) is 2. The van der Waals surface area contributed by atoms with Gasteiger partial charge in [-0.05, 0) is 37.9 Å². The predicted molar refractivity (Wildman–Crippen MR) is 69.9 cm³/mol. The van der Waals surface area contributed by atoms with Gasteiger partial charge in [0.15, 0.2) is 0 Å². The van der Waals surface area contributed by atoms with Gasteiger partial charge in [0.25, 0.3) is 0 Å². The number of rotatable bonds is 3. The molecule has 1 fully saturated rings. The van der Waals surface area contributed by atoms with Crippen LogP contribution in [0.4, 0.5) is 5.69 Å². The molecule has 0 aromatic heterocycles. The van der Waals surface area contributed by atoms with Crippen LogP contribution in [0.15, 0.2) is 30.3 Å². The van der Waals surface area contributed by atoms with E-state index in [0.717, 1.165) is 19.0 Å². The maximum Gasteiger partial charge on any atom is 0.0440 e. The van der Waals surface area contributed by atoms with Crippen LogP contribution >= 0.6 is 0 Å². The minimum Gasteiger partial charge on any atom is -0.367 e. The van der Waals surface area contributed by atoms with Gasteiger partial charge >= 0.3 is 0 Å². The number of piperidine rings is 1. The average molecular weight is 218 g/mol. The second-order valence-corrected chi connectivity index (χ2v) is 4.66. The van der Waals surface area contributed by atoms with Crippen LogP contribution in [-0.4, -0.2) is 25.7 Å². The average Bonchev–Trinajstić information content (AvgIpc) is 2.34. The van der Waals surface area contributed by atoms with Gasteiger partial charge in [-0.2, -0.15) is 0 Å². The van der Waals surface area contributed by atoms with E-state index in [0.29, 0.717) is 6.04 Å². The fraction of sp³-hybridized carbons (Fsp3) is 0.571. The maximum absolute atomic E-state index is 3.51.